The van der Waals surface area contributed by atoms with Crippen LogP contribution in [-0.4, -0.2) is 30.9 Å². The lowest BCUT2D eigenvalue weighted by molar-refractivity contribution is 0.0934. The second-order valence-electron chi connectivity index (χ2n) is 6.55. The fourth-order valence-electron chi connectivity index (χ4n) is 3.18. The smallest absolute Gasteiger partial charge is 0.255 e. The van der Waals surface area contributed by atoms with E-state index < -0.39 is 0 Å². The SMILES string of the molecule is O=C(N[C@@H](CCn1cncn1)c1ccccc1)c1cn[nH]c1-c1cccc(F)c1. The number of nitrogens with one attached hydrogen (secondary N) is 2. The molecule has 2 aromatic carbocycles. The van der Waals surface area contributed by atoms with Crippen molar-refractivity contribution in [3.05, 3.63) is 90.4 Å². The topological polar surface area (TPSA) is 88.5 Å². The van der Waals surface area contributed by atoms with Crippen LogP contribution in [-0.2, 0) is 6.54 Å². The Bertz CT molecular complexity index is 1080. The molecule has 0 saturated heterocycles. The van der Waals surface area contributed by atoms with E-state index in [2.05, 4.69) is 25.6 Å². The van der Waals surface area contributed by atoms with Gasteiger partial charge in [-0.2, -0.15) is 10.2 Å². The first-order chi connectivity index (χ1) is 14.2. The highest BCUT2D eigenvalue weighted by Gasteiger charge is 2.20. The first-order valence-electron chi connectivity index (χ1n) is 9.18. The second-order valence-corrected chi connectivity index (χ2v) is 6.55. The standard InChI is InChI=1S/C21H19FN6O/c22-17-8-4-7-16(11-17)20-18(12-24-27-20)21(29)26-19(15-5-2-1-3-6-15)9-10-28-14-23-13-25-28/h1-8,11-14,19H,9-10H2,(H,24,27)(H,26,29)/t19-/m0/s1. The molecule has 1 amide bonds. The molecule has 2 heterocycles. The van der Waals surface area contributed by atoms with Gasteiger partial charge in [0.2, 0.25) is 0 Å². The molecule has 8 heteroatoms. The second kappa shape index (κ2) is 8.47. The van der Waals surface area contributed by atoms with E-state index in [4.69, 9.17) is 0 Å². The number of carbonyl (C=O) groups excluding carboxylic acids is 1. The molecule has 0 radical (unpaired) electrons. The van der Waals surface area contributed by atoms with Crippen molar-refractivity contribution in [2.75, 3.05) is 0 Å². The quantitative estimate of drug-likeness (QED) is 0.506. The van der Waals surface area contributed by atoms with E-state index in [9.17, 15) is 9.18 Å². The Morgan fingerprint density at radius 1 is 1.17 bits per heavy atom. The number of amides is 1. The van der Waals surface area contributed by atoms with E-state index in [1.807, 2.05) is 30.3 Å². The largest absolute Gasteiger partial charge is 0.345 e. The Balaban J connectivity index is 1.56. The molecule has 146 valence electrons. The highest BCUT2D eigenvalue weighted by Crippen LogP contribution is 2.24. The number of halogens is 1. The van der Waals surface area contributed by atoms with Crippen molar-refractivity contribution in [3.8, 4) is 11.3 Å². The Kier molecular flexibility index (Phi) is 5.42. The molecule has 0 unspecified atom stereocenters. The van der Waals surface area contributed by atoms with Crippen LogP contribution < -0.4 is 5.32 Å². The molecule has 2 N–H and O–H groups in total. The molecule has 4 rings (SSSR count). The third-order valence-corrected chi connectivity index (χ3v) is 4.62. The maximum atomic E-state index is 13.6. The summed E-state index contributed by atoms with van der Waals surface area (Å²) in [4.78, 5) is 17.0. The minimum atomic E-state index is -0.376. The fraction of sp³-hybridized carbons (Fsp3) is 0.143. The van der Waals surface area contributed by atoms with E-state index in [1.54, 1.807) is 23.1 Å². The Labute approximate surface area is 166 Å². The molecule has 0 bridgehead atoms. The Hall–Kier alpha value is -3.81. The average Bonchev–Trinajstić information content (AvgIpc) is 3.43. The van der Waals surface area contributed by atoms with Gasteiger partial charge in [0.1, 0.15) is 18.5 Å². The van der Waals surface area contributed by atoms with Crippen LogP contribution in [0.2, 0.25) is 0 Å². The van der Waals surface area contributed by atoms with Gasteiger partial charge in [-0.25, -0.2) is 9.37 Å². The molecule has 7 nitrogen and oxygen atoms in total. The van der Waals surface area contributed by atoms with Gasteiger partial charge in [-0.15, -0.1) is 0 Å². The van der Waals surface area contributed by atoms with Crippen molar-refractivity contribution >= 4 is 5.91 Å². The predicted molar refractivity (Wildman–Crippen MR) is 105 cm³/mol. The van der Waals surface area contributed by atoms with E-state index in [0.717, 1.165) is 5.56 Å². The average molecular weight is 390 g/mol. The molecule has 0 aliphatic heterocycles. The highest BCUT2D eigenvalue weighted by molar-refractivity contribution is 5.99. The number of aromatic nitrogens is 5. The van der Waals surface area contributed by atoms with Crippen molar-refractivity contribution in [2.24, 2.45) is 0 Å². The molecule has 0 saturated carbocycles. The summed E-state index contributed by atoms with van der Waals surface area (Å²) < 4.78 is 15.3. The molecular weight excluding hydrogens is 371 g/mol. The monoisotopic (exact) mass is 390 g/mol. The van der Waals surface area contributed by atoms with Gasteiger partial charge in [0.05, 0.1) is 23.5 Å². The summed E-state index contributed by atoms with van der Waals surface area (Å²) in [7, 11) is 0. The minimum absolute atomic E-state index is 0.233. The number of aromatic amines is 1. The normalized spacial score (nSPS) is 11.9. The van der Waals surface area contributed by atoms with Crippen LogP contribution in [0.25, 0.3) is 11.3 Å². The van der Waals surface area contributed by atoms with E-state index in [0.29, 0.717) is 29.8 Å². The molecule has 0 aliphatic carbocycles. The van der Waals surface area contributed by atoms with Crippen molar-refractivity contribution in [3.63, 3.8) is 0 Å². The third kappa shape index (κ3) is 4.37. The number of aryl methyl sites for hydroxylation is 1. The van der Waals surface area contributed by atoms with E-state index >= 15 is 0 Å². The number of H-pyrrole nitrogens is 1. The van der Waals surface area contributed by atoms with Gasteiger partial charge in [0.25, 0.3) is 5.91 Å². The summed E-state index contributed by atoms with van der Waals surface area (Å²) in [6.07, 6.45) is 5.20. The molecular formula is C21H19FN6O. The zero-order chi connectivity index (χ0) is 20.1. The number of rotatable bonds is 7. The van der Waals surface area contributed by atoms with Gasteiger partial charge in [-0.3, -0.25) is 14.6 Å². The number of benzene rings is 2. The molecule has 2 aromatic heterocycles. The van der Waals surface area contributed by atoms with Gasteiger partial charge in [-0.1, -0.05) is 42.5 Å². The van der Waals surface area contributed by atoms with Crippen LogP contribution >= 0.6 is 0 Å². The van der Waals surface area contributed by atoms with Crippen LogP contribution in [0.4, 0.5) is 4.39 Å². The van der Waals surface area contributed by atoms with Crippen LogP contribution in [0.3, 0.4) is 0 Å². The lowest BCUT2D eigenvalue weighted by Crippen LogP contribution is -2.29. The predicted octanol–water partition coefficient (Wildman–Crippen LogP) is 3.37. The van der Waals surface area contributed by atoms with Gasteiger partial charge < -0.3 is 5.32 Å². The summed E-state index contributed by atoms with van der Waals surface area (Å²) in [6.45, 7) is 0.599. The molecule has 0 aliphatic rings. The molecule has 0 fully saturated rings. The lowest BCUT2D eigenvalue weighted by Gasteiger charge is -2.19. The number of hydrogen-bond donors (Lipinski definition) is 2. The summed E-state index contributed by atoms with van der Waals surface area (Å²) in [5.41, 5.74) is 2.38. The van der Waals surface area contributed by atoms with E-state index in [-0.39, 0.29) is 17.8 Å². The van der Waals surface area contributed by atoms with Crippen LogP contribution in [0, 0.1) is 5.82 Å². The van der Waals surface area contributed by atoms with Crippen molar-refractivity contribution in [2.45, 2.75) is 19.0 Å². The van der Waals surface area contributed by atoms with Gasteiger partial charge >= 0.3 is 0 Å². The van der Waals surface area contributed by atoms with Crippen molar-refractivity contribution in [1.82, 2.24) is 30.3 Å². The van der Waals surface area contributed by atoms with Crippen molar-refractivity contribution in [1.29, 1.82) is 0 Å². The first-order valence-corrected chi connectivity index (χ1v) is 9.18. The maximum absolute atomic E-state index is 13.6. The van der Waals surface area contributed by atoms with Gasteiger partial charge in [0.15, 0.2) is 0 Å². The third-order valence-electron chi connectivity index (χ3n) is 4.62. The number of carbonyl (C=O) groups is 1. The maximum Gasteiger partial charge on any atom is 0.255 e. The summed E-state index contributed by atoms with van der Waals surface area (Å²) in [6, 6.07) is 15.5. The number of hydrogen-bond acceptors (Lipinski definition) is 4. The first kappa shape index (κ1) is 18.5. The van der Waals surface area contributed by atoms with E-state index in [1.165, 1.54) is 24.7 Å². The van der Waals surface area contributed by atoms with Gasteiger partial charge in [0, 0.05) is 12.1 Å². The summed E-state index contributed by atoms with van der Waals surface area (Å²) in [5.74, 6) is -0.663. The van der Waals surface area contributed by atoms with Crippen LogP contribution in [0.15, 0.2) is 73.4 Å². The Morgan fingerprint density at radius 3 is 2.79 bits per heavy atom. The zero-order valence-corrected chi connectivity index (χ0v) is 15.5. The zero-order valence-electron chi connectivity index (χ0n) is 15.5. The van der Waals surface area contributed by atoms with Crippen LogP contribution in [0.1, 0.15) is 28.4 Å². The number of nitrogens with zero attached hydrogens (tertiary/aromatic N) is 4. The minimum Gasteiger partial charge on any atom is -0.345 e. The molecule has 29 heavy (non-hydrogen) atoms. The Morgan fingerprint density at radius 2 is 2.03 bits per heavy atom. The van der Waals surface area contributed by atoms with Crippen molar-refractivity contribution < 1.29 is 9.18 Å². The molecule has 1 atom stereocenters. The van der Waals surface area contributed by atoms with Crippen LogP contribution in [0.5, 0.6) is 0 Å². The highest BCUT2D eigenvalue weighted by atomic mass is 19.1. The lowest BCUT2D eigenvalue weighted by atomic mass is 10.0. The molecule has 4 aromatic rings. The van der Waals surface area contributed by atoms with Gasteiger partial charge in [-0.05, 0) is 24.1 Å². The summed E-state index contributed by atoms with van der Waals surface area (Å²) >= 11 is 0. The molecule has 0 spiro atoms. The summed E-state index contributed by atoms with van der Waals surface area (Å²) in [5, 5.41) is 14.0. The fourth-order valence-corrected chi connectivity index (χ4v) is 3.18.